The molecule has 3 heteroatoms. The normalized spacial score (nSPS) is 20.5. The van der Waals surface area contributed by atoms with Crippen molar-refractivity contribution in [2.45, 2.75) is 38.6 Å². The molecule has 0 spiro atoms. The highest BCUT2D eigenvalue weighted by molar-refractivity contribution is 4.73. The van der Waals surface area contributed by atoms with Gasteiger partial charge in [0.2, 0.25) is 6.04 Å². The van der Waals surface area contributed by atoms with Gasteiger partial charge in [-0.05, 0) is 12.3 Å². The van der Waals surface area contributed by atoms with Crippen molar-refractivity contribution in [3.05, 3.63) is 10.1 Å². The molecule has 1 saturated carbocycles. The molecule has 0 unspecified atom stereocenters. The first kappa shape index (κ1) is 7.51. The van der Waals surface area contributed by atoms with E-state index >= 15 is 0 Å². The molecular weight excluding hydrogens is 130 g/mol. The predicted molar refractivity (Wildman–Crippen MR) is 38.4 cm³/mol. The average molecular weight is 143 g/mol. The quantitative estimate of drug-likeness (QED) is 0.445. The van der Waals surface area contributed by atoms with Gasteiger partial charge in [-0.15, -0.1) is 0 Å². The minimum Gasteiger partial charge on any atom is -0.264 e. The molecule has 0 aromatic rings. The molecule has 3 nitrogen and oxygen atoms in total. The summed E-state index contributed by atoms with van der Waals surface area (Å²) in [4.78, 5) is 9.95. The van der Waals surface area contributed by atoms with E-state index < -0.39 is 0 Å². The van der Waals surface area contributed by atoms with Crippen molar-refractivity contribution in [2.24, 2.45) is 5.92 Å². The molecule has 1 aliphatic carbocycles. The molecule has 0 N–H and O–H groups in total. The summed E-state index contributed by atoms with van der Waals surface area (Å²) in [5, 5.41) is 10.1. The van der Waals surface area contributed by atoms with Crippen LogP contribution in [0.25, 0.3) is 0 Å². The van der Waals surface area contributed by atoms with Crippen molar-refractivity contribution in [2.75, 3.05) is 0 Å². The Morgan fingerprint density at radius 2 is 2.30 bits per heavy atom. The molecule has 0 bridgehead atoms. The topological polar surface area (TPSA) is 43.1 Å². The minimum absolute atomic E-state index is 0.192. The summed E-state index contributed by atoms with van der Waals surface area (Å²) in [6.45, 7) is 1.68. The summed E-state index contributed by atoms with van der Waals surface area (Å²) < 4.78 is 0. The van der Waals surface area contributed by atoms with Gasteiger partial charge in [0.25, 0.3) is 0 Å². The average Bonchev–Trinajstić information content (AvgIpc) is 2.64. The van der Waals surface area contributed by atoms with Crippen molar-refractivity contribution >= 4 is 0 Å². The van der Waals surface area contributed by atoms with E-state index in [1.165, 1.54) is 12.8 Å². The first-order valence-electron chi connectivity index (χ1n) is 3.83. The van der Waals surface area contributed by atoms with Gasteiger partial charge in [-0.2, -0.15) is 0 Å². The number of rotatable bonds is 4. The van der Waals surface area contributed by atoms with Crippen molar-refractivity contribution < 1.29 is 4.92 Å². The summed E-state index contributed by atoms with van der Waals surface area (Å²) in [7, 11) is 0. The van der Waals surface area contributed by atoms with Crippen LogP contribution in [-0.2, 0) is 0 Å². The fraction of sp³-hybridized carbons (Fsp3) is 1.00. The van der Waals surface area contributed by atoms with E-state index in [1.54, 1.807) is 6.92 Å². The molecule has 0 radical (unpaired) electrons. The van der Waals surface area contributed by atoms with E-state index in [1.807, 2.05) is 0 Å². The molecule has 1 aliphatic rings. The van der Waals surface area contributed by atoms with Crippen LogP contribution in [0.2, 0.25) is 0 Å². The molecule has 0 amide bonds. The highest BCUT2D eigenvalue weighted by atomic mass is 16.6. The van der Waals surface area contributed by atoms with Gasteiger partial charge in [0, 0.05) is 18.3 Å². The lowest BCUT2D eigenvalue weighted by atomic mass is 10.1. The van der Waals surface area contributed by atoms with E-state index in [4.69, 9.17) is 0 Å². The summed E-state index contributed by atoms with van der Waals surface area (Å²) in [6, 6.07) is -0.333. The number of hydrogen-bond acceptors (Lipinski definition) is 2. The molecule has 0 aromatic heterocycles. The van der Waals surface area contributed by atoms with Crippen LogP contribution in [0.5, 0.6) is 0 Å². The van der Waals surface area contributed by atoms with Crippen LogP contribution in [-0.4, -0.2) is 11.0 Å². The molecule has 1 fully saturated rings. The number of nitrogens with zero attached hydrogens (tertiary/aromatic N) is 1. The summed E-state index contributed by atoms with van der Waals surface area (Å²) in [6.07, 6.45) is 4.41. The second-order valence-electron chi connectivity index (χ2n) is 3.16. The zero-order chi connectivity index (χ0) is 7.56. The van der Waals surface area contributed by atoms with E-state index in [2.05, 4.69) is 0 Å². The van der Waals surface area contributed by atoms with Crippen molar-refractivity contribution in [1.29, 1.82) is 0 Å². The van der Waals surface area contributed by atoms with Gasteiger partial charge in [0.05, 0.1) is 0 Å². The van der Waals surface area contributed by atoms with Crippen LogP contribution in [0.4, 0.5) is 0 Å². The lowest BCUT2D eigenvalue weighted by Crippen LogP contribution is -2.14. The first-order valence-corrected chi connectivity index (χ1v) is 3.83. The summed E-state index contributed by atoms with van der Waals surface area (Å²) >= 11 is 0. The van der Waals surface area contributed by atoms with Gasteiger partial charge < -0.3 is 0 Å². The molecular formula is C7H13NO2. The van der Waals surface area contributed by atoms with E-state index in [9.17, 15) is 10.1 Å². The molecule has 0 heterocycles. The lowest BCUT2D eigenvalue weighted by molar-refractivity contribution is -0.519. The van der Waals surface area contributed by atoms with Gasteiger partial charge in [0.15, 0.2) is 0 Å². The molecule has 10 heavy (non-hydrogen) atoms. The third kappa shape index (κ3) is 2.33. The monoisotopic (exact) mass is 143 g/mol. The SMILES string of the molecule is C[C@@H](CCC1CC1)[N+](=O)[O-]. The fourth-order valence-electron chi connectivity index (χ4n) is 0.989. The Morgan fingerprint density at radius 3 is 2.70 bits per heavy atom. The van der Waals surface area contributed by atoms with Gasteiger partial charge in [-0.1, -0.05) is 12.8 Å². The second kappa shape index (κ2) is 2.99. The third-order valence-electron chi connectivity index (χ3n) is 2.05. The van der Waals surface area contributed by atoms with Gasteiger partial charge >= 0.3 is 0 Å². The number of nitro groups is 1. The Balaban J connectivity index is 2.05. The van der Waals surface area contributed by atoms with E-state index in [0.29, 0.717) is 0 Å². The van der Waals surface area contributed by atoms with Crippen molar-refractivity contribution in [3.8, 4) is 0 Å². The largest absolute Gasteiger partial charge is 0.264 e. The van der Waals surface area contributed by atoms with Gasteiger partial charge in [-0.3, -0.25) is 10.1 Å². The highest BCUT2D eigenvalue weighted by Crippen LogP contribution is 2.33. The summed E-state index contributed by atoms with van der Waals surface area (Å²) in [5.74, 6) is 0.822. The van der Waals surface area contributed by atoms with Crippen LogP contribution in [0.15, 0.2) is 0 Å². The molecule has 0 aliphatic heterocycles. The Bertz CT molecular complexity index is 132. The zero-order valence-corrected chi connectivity index (χ0v) is 6.25. The van der Waals surface area contributed by atoms with Crippen LogP contribution in [0.1, 0.15) is 32.6 Å². The van der Waals surface area contributed by atoms with Crippen LogP contribution >= 0.6 is 0 Å². The Labute approximate surface area is 60.6 Å². The Morgan fingerprint density at radius 1 is 1.70 bits per heavy atom. The first-order chi connectivity index (χ1) is 4.70. The lowest BCUT2D eigenvalue weighted by Gasteiger charge is -2.00. The second-order valence-corrected chi connectivity index (χ2v) is 3.16. The standard InChI is InChI=1S/C7H13NO2/c1-6(8(9)10)2-3-7-4-5-7/h6-7H,2-5H2,1H3/t6-/m0/s1. The van der Waals surface area contributed by atoms with E-state index in [-0.39, 0.29) is 11.0 Å². The maximum Gasteiger partial charge on any atom is 0.210 e. The molecule has 1 rings (SSSR count). The zero-order valence-electron chi connectivity index (χ0n) is 6.25. The van der Waals surface area contributed by atoms with Gasteiger partial charge in [0.1, 0.15) is 0 Å². The minimum atomic E-state index is -0.333. The third-order valence-corrected chi connectivity index (χ3v) is 2.05. The van der Waals surface area contributed by atoms with Crippen LogP contribution < -0.4 is 0 Å². The Kier molecular flexibility index (Phi) is 2.25. The molecule has 1 atom stereocenters. The maximum absolute atomic E-state index is 10.1. The van der Waals surface area contributed by atoms with Gasteiger partial charge in [-0.25, -0.2) is 0 Å². The van der Waals surface area contributed by atoms with Crippen LogP contribution in [0.3, 0.4) is 0 Å². The smallest absolute Gasteiger partial charge is 0.210 e. The fourth-order valence-corrected chi connectivity index (χ4v) is 0.989. The summed E-state index contributed by atoms with van der Waals surface area (Å²) in [5.41, 5.74) is 0. The highest BCUT2D eigenvalue weighted by Gasteiger charge is 2.23. The predicted octanol–water partition coefficient (Wildman–Crippen LogP) is 1.84. The maximum atomic E-state index is 10.1. The molecule has 0 saturated heterocycles. The van der Waals surface area contributed by atoms with E-state index in [0.717, 1.165) is 18.8 Å². The Hall–Kier alpha value is -0.600. The van der Waals surface area contributed by atoms with Crippen LogP contribution in [0, 0.1) is 16.0 Å². The van der Waals surface area contributed by atoms with Crippen molar-refractivity contribution in [1.82, 2.24) is 0 Å². The molecule has 58 valence electrons. The van der Waals surface area contributed by atoms with Crippen molar-refractivity contribution in [3.63, 3.8) is 0 Å². The number of hydrogen-bond donors (Lipinski definition) is 0. The molecule has 0 aromatic carbocycles.